The van der Waals surface area contributed by atoms with Crippen LogP contribution in [0.1, 0.15) is 11.1 Å². The lowest BCUT2D eigenvalue weighted by atomic mass is 9.89. The Morgan fingerprint density at radius 3 is 1.82 bits per heavy atom. The number of rotatable bonds is 0. The first kappa shape index (κ1) is 10.2. The van der Waals surface area contributed by atoms with Gasteiger partial charge in [0, 0.05) is 11.8 Å². The molecule has 0 nitrogen and oxygen atoms in total. The molecule has 0 amide bonds. The second kappa shape index (κ2) is 3.18. The molecular weight excluding hydrogens is 251 g/mol. The summed E-state index contributed by atoms with van der Waals surface area (Å²) in [7, 11) is 0. The molecule has 1 fully saturated rings. The fourth-order valence-corrected chi connectivity index (χ4v) is 4.00. The van der Waals surface area contributed by atoms with E-state index < -0.39 is 4.33 Å². The first-order valence-electron chi connectivity index (χ1n) is 6.04. The highest BCUT2D eigenvalue weighted by Gasteiger charge is 2.63. The predicted molar refractivity (Wildman–Crippen MR) is 72.8 cm³/mol. The maximum Gasteiger partial charge on any atom is 0.125 e. The molecule has 2 unspecified atom stereocenters. The summed E-state index contributed by atoms with van der Waals surface area (Å²) in [6, 6.07) is 13.1. The van der Waals surface area contributed by atoms with Crippen LogP contribution in [0.25, 0.3) is 10.8 Å². The quantitative estimate of drug-likeness (QED) is 0.619. The van der Waals surface area contributed by atoms with Crippen LogP contribution in [0, 0.1) is 11.8 Å². The van der Waals surface area contributed by atoms with Crippen LogP contribution in [-0.4, -0.2) is 4.33 Å². The summed E-state index contributed by atoms with van der Waals surface area (Å²) >= 11 is 12.6. The van der Waals surface area contributed by atoms with Crippen LogP contribution in [0.5, 0.6) is 0 Å². The topological polar surface area (TPSA) is 0 Å². The van der Waals surface area contributed by atoms with E-state index in [1.807, 2.05) is 0 Å². The van der Waals surface area contributed by atoms with Crippen molar-refractivity contribution < 1.29 is 0 Å². The van der Waals surface area contributed by atoms with Crippen LogP contribution < -0.4 is 0 Å². The summed E-state index contributed by atoms with van der Waals surface area (Å²) in [5.41, 5.74) is 2.88. The van der Waals surface area contributed by atoms with E-state index in [9.17, 15) is 0 Å². The minimum Gasteiger partial charge on any atom is -0.101 e. The van der Waals surface area contributed by atoms with Gasteiger partial charge < -0.3 is 0 Å². The summed E-state index contributed by atoms with van der Waals surface area (Å²) < 4.78 is -0.467. The largest absolute Gasteiger partial charge is 0.125 e. The van der Waals surface area contributed by atoms with E-state index >= 15 is 0 Å². The SMILES string of the molecule is ClC1(Cl)C2Cc3cc4ccccc4cc3CC21. The predicted octanol–water partition coefficient (Wildman–Crippen LogP) is 4.36. The third-order valence-electron chi connectivity index (χ3n) is 4.31. The van der Waals surface area contributed by atoms with E-state index in [0.29, 0.717) is 11.8 Å². The molecule has 2 aliphatic carbocycles. The van der Waals surface area contributed by atoms with Crippen molar-refractivity contribution in [2.45, 2.75) is 17.2 Å². The van der Waals surface area contributed by atoms with Gasteiger partial charge in [-0.05, 0) is 34.7 Å². The van der Waals surface area contributed by atoms with Crippen molar-refractivity contribution in [2.24, 2.45) is 11.8 Å². The Morgan fingerprint density at radius 1 is 0.882 bits per heavy atom. The molecule has 1 saturated carbocycles. The van der Waals surface area contributed by atoms with Gasteiger partial charge in [0.25, 0.3) is 0 Å². The molecule has 0 aromatic heterocycles. The highest BCUT2D eigenvalue weighted by Crippen LogP contribution is 2.63. The number of fused-ring (bicyclic) bond motifs is 3. The fraction of sp³-hybridized carbons (Fsp3) is 0.333. The maximum atomic E-state index is 6.30. The fourth-order valence-electron chi connectivity index (χ4n) is 3.21. The van der Waals surface area contributed by atoms with Gasteiger partial charge >= 0.3 is 0 Å². The number of alkyl halides is 2. The van der Waals surface area contributed by atoms with Gasteiger partial charge in [0.1, 0.15) is 4.33 Å². The van der Waals surface area contributed by atoms with Gasteiger partial charge in [-0.25, -0.2) is 0 Å². The Kier molecular flexibility index (Phi) is 1.92. The molecule has 2 heteroatoms. The Labute approximate surface area is 111 Å². The lowest BCUT2D eigenvalue weighted by Gasteiger charge is -2.15. The second-order valence-electron chi connectivity index (χ2n) is 5.26. The molecule has 0 aliphatic heterocycles. The molecule has 0 radical (unpaired) electrons. The lowest BCUT2D eigenvalue weighted by molar-refractivity contribution is 0.650. The molecule has 17 heavy (non-hydrogen) atoms. The molecule has 2 aromatic carbocycles. The molecule has 0 spiro atoms. The zero-order valence-electron chi connectivity index (χ0n) is 9.29. The monoisotopic (exact) mass is 262 g/mol. The van der Waals surface area contributed by atoms with Crippen molar-refractivity contribution in [2.75, 3.05) is 0 Å². The maximum absolute atomic E-state index is 6.30. The second-order valence-corrected chi connectivity index (χ2v) is 6.71. The average molecular weight is 263 g/mol. The molecule has 0 heterocycles. The van der Waals surface area contributed by atoms with E-state index in [1.165, 1.54) is 21.9 Å². The van der Waals surface area contributed by atoms with Crippen LogP contribution in [0.15, 0.2) is 36.4 Å². The summed E-state index contributed by atoms with van der Waals surface area (Å²) in [5, 5.41) is 2.64. The van der Waals surface area contributed by atoms with Crippen molar-refractivity contribution >= 4 is 34.0 Å². The van der Waals surface area contributed by atoms with Gasteiger partial charge in [0.05, 0.1) is 0 Å². The molecule has 2 aromatic rings. The highest BCUT2D eigenvalue weighted by atomic mass is 35.5. The lowest BCUT2D eigenvalue weighted by Crippen LogP contribution is -2.05. The van der Waals surface area contributed by atoms with Gasteiger partial charge in [-0.3, -0.25) is 0 Å². The standard InChI is InChI=1S/C15H12Cl2/c16-15(17)13-7-11-5-9-3-1-2-4-10(9)6-12(11)8-14(13)15/h1-6,13-14H,7-8H2. The normalized spacial score (nSPS) is 28.6. The molecular formula is C15H12Cl2. The average Bonchev–Trinajstić information content (AvgIpc) is 2.85. The van der Waals surface area contributed by atoms with Crippen LogP contribution in [0.2, 0.25) is 0 Å². The van der Waals surface area contributed by atoms with Crippen molar-refractivity contribution in [3.8, 4) is 0 Å². The van der Waals surface area contributed by atoms with Crippen molar-refractivity contribution in [3.63, 3.8) is 0 Å². The van der Waals surface area contributed by atoms with Gasteiger partial charge in [0.15, 0.2) is 0 Å². The summed E-state index contributed by atoms with van der Waals surface area (Å²) in [4.78, 5) is 0. The number of benzene rings is 2. The zero-order valence-corrected chi connectivity index (χ0v) is 10.8. The van der Waals surface area contributed by atoms with E-state index in [4.69, 9.17) is 23.2 Å². The van der Waals surface area contributed by atoms with E-state index in [2.05, 4.69) is 36.4 Å². The van der Waals surface area contributed by atoms with E-state index in [1.54, 1.807) is 0 Å². The molecule has 2 aliphatic rings. The smallest absolute Gasteiger partial charge is 0.101 e. The van der Waals surface area contributed by atoms with E-state index in [-0.39, 0.29) is 0 Å². The Hall–Kier alpha value is -0.720. The zero-order chi connectivity index (χ0) is 11.6. The van der Waals surface area contributed by atoms with E-state index in [0.717, 1.165) is 12.8 Å². The third-order valence-corrected chi connectivity index (χ3v) is 5.43. The van der Waals surface area contributed by atoms with Crippen LogP contribution in [-0.2, 0) is 12.8 Å². The third kappa shape index (κ3) is 1.37. The van der Waals surface area contributed by atoms with Crippen LogP contribution in [0.3, 0.4) is 0 Å². The minimum atomic E-state index is -0.467. The first-order valence-corrected chi connectivity index (χ1v) is 6.80. The van der Waals surface area contributed by atoms with Crippen molar-refractivity contribution in [1.29, 1.82) is 0 Å². The number of hydrogen-bond acceptors (Lipinski definition) is 0. The molecule has 86 valence electrons. The van der Waals surface area contributed by atoms with Gasteiger partial charge in [-0.1, -0.05) is 36.4 Å². The van der Waals surface area contributed by atoms with Crippen molar-refractivity contribution in [3.05, 3.63) is 47.5 Å². The summed E-state index contributed by atoms with van der Waals surface area (Å²) in [6.07, 6.45) is 2.08. The minimum absolute atomic E-state index is 0.467. The summed E-state index contributed by atoms with van der Waals surface area (Å²) in [5.74, 6) is 0.944. The Morgan fingerprint density at radius 2 is 1.35 bits per heavy atom. The van der Waals surface area contributed by atoms with Crippen LogP contribution in [0.4, 0.5) is 0 Å². The highest BCUT2D eigenvalue weighted by molar-refractivity contribution is 6.51. The molecule has 0 bridgehead atoms. The molecule has 0 saturated heterocycles. The molecule has 0 N–H and O–H groups in total. The van der Waals surface area contributed by atoms with Gasteiger partial charge in [-0.15, -0.1) is 23.2 Å². The Balaban J connectivity index is 1.86. The first-order chi connectivity index (χ1) is 8.16. The molecule has 4 rings (SSSR count). The van der Waals surface area contributed by atoms with Crippen LogP contribution >= 0.6 is 23.2 Å². The number of halogens is 2. The Bertz CT molecular complexity index is 563. The van der Waals surface area contributed by atoms with Gasteiger partial charge in [0.2, 0.25) is 0 Å². The number of hydrogen-bond donors (Lipinski definition) is 0. The van der Waals surface area contributed by atoms with Crippen molar-refractivity contribution in [1.82, 2.24) is 0 Å². The molecule has 2 atom stereocenters. The van der Waals surface area contributed by atoms with Gasteiger partial charge in [-0.2, -0.15) is 0 Å². The summed E-state index contributed by atoms with van der Waals surface area (Å²) in [6.45, 7) is 0.